The Labute approximate surface area is 124 Å². The maximum Gasteiger partial charge on any atom is 0.308 e. The first kappa shape index (κ1) is 15.5. The smallest absolute Gasteiger partial charge is 0.308 e. The molecular weight excluding hydrogens is 270 g/mol. The summed E-state index contributed by atoms with van der Waals surface area (Å²) in [4.78, 5) is 25.5. The van der Waals surface area contributed by atoms with Crippen LogP contribution in [0.1, 0.15) is 31.4 Å². The Morgan fingerprint density at radius 1 is 1.29 bits per heavy atom. The van der Waals surface area contributed by atoms with Gasteiger partial charge in [-0.15, -0.1) is 0 Å². The van der Waals surface area contributed by atoms with Gasteiger partial charge >= 0.3 is 5.97 Å². The molecule has 1 saturated heterocycles. The van der Waals surface area contributed by atoms with Crippen LogP contribution in [0.3, 0.4) is 0 Å². The molecule has 3 unspecified atom stereocenters. The van der Waals surface area contributed by atoms with E-state index in [0.29, 0.717) is 12.8 Å². The summed E-state index contributed by atoms with van der Waals surface area (Å²) in [6.45, 7) is 2.20. The zero-order valence-electron chi connectivity index (χ0n) is 12.4. The standard InChI is InChI=1S/C16H21NO4/c1-11-8-9-13(16(19)20)10-17(11)15(18)14(21-2)12-6-4-3-5-7-12/h3-7,11,13-14H,8-10H2,1-2H3,(H,19,20). The van der Waals surface area contributed by atoms with Crippen molar-refractivity contribution in [3.63, 3.8) is 0 Å². The number of carboxylic acids is 1. The summed E-state index contributed by atoms with van der Waals surface area (Å²) in [7, 11) is 1.50. The van der Waals surface area contributed by atoms with Crippen molar-refractivity contribution in [1.82, 2.24) is 4.90 Å². The van der Waals surface area contributed by atoms with Crippen LogP contribution >= 0.6 is 0 Å². The number of benzene rings is 1. The van der Waals surface area contributed by atoms with Crippen molar-refractivity contribution in [1.29, 1.82) is 0 Å². The van der Waals surface area contributed by atoms with Crippen LogP contribution in [-0.4, -0.2) is 41.6 Å². The van der Waals surface area contributed by atoms with Gasteiger partial charge in [0.2, 0.25) is 0 Å². The number of amides is 1. The van der Waals surface area contributed by atoms with Crippen LogP contribution in [0, 0.1) is 5.92 Å². The van der Waals surface area contributed by atoms with Crippen molar-refractivity contribution in [2.75, 3.05) is 13.7 Å². The lowest BCUT2D eigenvalue weighted by atomic mass is 9.92. The maximum atomic E-state index is 12.7. The molecule has 1 amide bonds. The number of ether oxygens (including phenoxy) is 1. The first-order valence-corrected chi connectivity index (χ1v) is 7.15. The molecule has 0 saturated carbocycles. The van der Waals surface area contributed by atoms with Gasteiger partial charge in [0, 0.05) is 19.7 Å². The maximum absolute atomic E-state index is 12.7. The fourth-order valence-electron chi connectivity index (χ4n) is 2.77. The van der Waals surface area contributed by atoms with E-state index >= 15 is 0 Å². The Morgan fingerprint density at radius 2 is 1.95 bits per heavy atom. The summed E-state index contributed by atoms with van der Waals surface area (Å²) in [5.74, 6) is -1.49. The number of nitrogens with zero attached hydrogens (tertiary/aromatic N) is 1. The van der Waals surface area contributed by atoms with Crippen molar-refractivity contribution in [2.45, 2.75) is 31.9 Å². The zero-order chi connectivity index (χ0) is 15.4. The van der Waals surface area contributed by atoms with Gasteiger partial charge < -0.3 is 14.7 Å². The van der Waals surface area contributed by atoms with Gasteiger partial charge in [-0.1, -0.05) is 30.3 Å². The van der Waals surface area contributed by atoms with Gasteiger partial charge in [-0.05, 0) is 25.3 Å². The summed E-state index contributed by atoms with van der Waals surface area (Å²) >= 11 is 0. The number of rotatable bonds is 4. The zero-order valence-corrected chi connectivity index (χ0v) is 12.4. The minimum atomic E-state index is -0.839. The van der Waals surface area contributed by atoms with Crippen molar-refractivity contribution in [3.05, 3.63) is 35.9 Å². The minimum Gasteiger partial charge on any atom is -0.481 e. The van der Waals surface area contributed by atoms with Crippen molar-refractivity contribution >= 4 is 11.9 Å². The molecule has 0 aromatic heterocycles. The average Bonchev–Trinajstić information content (AvgIpc) is 2.49. The van der Waals surface area contributed by atoms with Gasteiger partial charge in [0.05, 0.1) is 5.92 Å². The van der Waals surface area contributed by atoms with Gasteiger partial charge in [0.25, 0.3) is 5.91 Å². The van der Waals surface area contributed by atoms with Gasteiger partial charge in [-0.2, -0.15) is 0 Å². The van der Waals surface area contributed by atoms with Gasteiger partial charge in [-0.25, -0.2) is 0 Å². The van der Waals surface area contributed by atoms with E-state index in [9.17, 15) is 9.59 Å². The van der Waals surface area contributed by atoms with E-state index < -0.39 is 18.0 Å². The first-order chi connectivity index (χ1) is 10.0. The fraction of sp³-hybridized carbons (Fsp3) is 0.500. The third-order valence-electron chi connectivity index (χ3n) is 4.08. The highest BCUT2D eigenvalue weighted by molar-refractivity contribution is 5.83. The second kappa shape index (κ2) is 6.72. The van der Waals surface area contributed by atoms with E-state index in [4.69, 9.17) is 9.84 Å². The van der Waals surface area contributed by atoms with E-state index in [0.717, 1.165) is 5.56 Å². The van der Waals surface area contributed by atoms with Crippen molar-refractivity contribution in [3.8, 4) is 0 Å². The number of methoxy groups -OCH3 is 1. The number of likely N-dealkylation sites (tertiary alicyclic amines) is 1. The molecule has 1 aliphatic rings. The van der Waals surface area contributed by atoms with Gasteiger partial charge in [0.1, 0.15) is 0 Å². The predicted molar refractivity (Wildman–Crippen MR) is 77.7 cm³/mol. The minimum absolute atomic E-state index is 0.0365. The summed E-state index contributed by atoms with van der Waals surface area (Å²) in [6.07, 6.45) is 0.637. The molecule has 1 aromatic rings. The second-order valence-corrected chi connectivity index (χ2v) is 5.48. The molecule has 5 nitrogen and oxygen atoms in total. The molecule has 5 heteroatoms. The summed E-state index contributed by atoms with van der Waals surface area (Å²) in [6, 6.07) is 9.31. The molecule has 0 radical (unpaired) electrons. The summed E-state index contributed by atoms with van der Waals surface area (Å²) in [5.41, 5.74) is 0.787. The van der Waals surface area contributed by atoms with Crippen LogP contribution < -0.4 is 0 Å². The molecular formula is C16H21NO4. The van der Waals surface area contributed by atoms with E-state index in [-0.39, 0.29) is 18.5 Å². The Balaban J connectivity index is 2.18. The molecule has 0 spiro atoms. The monoisotopic (exact) mass is 291 g/mol. The fourth-order valence-corrected chi connectivity index (χ4v) is 2.77. The highest BCUT2D eigenvalue weighted by Gasteiger charge is 2.36. The van der Waals surface area contributed by atoms with Crippen LogP contribution in [0.15, 0.2) is 30.3 Å². The van der Waals surface area contributed by atoms with Crippen molar-refractivity contribution in [2.24, 2.45) is 5.92 Å². The van der Waals surface area contributed by atoms with Crippen molar-refractivity contribution < 1.29 is 19.4 Å². The van der Waals surface area contributed by atoms with Crippen LogP contribution in [0.2, 0.25) is 0 Å². The number of carboxylic acid groups (broad SMARTS) is 1. The Hall–Kier alpha value is -1.88. The van der Waals surface area contributed by atoms with Crippen LogP contribution in [0.25, 0.3) is 0 Å². The SMILES string of the molecule is COC(C(=O)N1CC(C(=O)O)CCC1C)c1ccccc1. The van der Waals surface area contributed by atoms with Gasteiger partial charge in [0.15, 0.2) is 6.10 Å². The van der Waals surface area contributed by atoms with Crippen LogP contribution in [0.4, 0.5) is 0 Å². The highest BCUT2D eigenvalue weighted by atomic mass is 16.5. The molecule has 3 atom stereocenters. The number of aliphatic carboxylic acids is 1. The Kier molecular flexibility index (Phi) is 4.96. The van der Waals surface area contributed by atoms with Crippen LogP contribution in [0.5, 0.6) is 0 Å². The lowest BCUT2D eigenvalue weighted by Crippen LogP contribution is -2.49. The van der Waals surface area contributed by atoms with E-state index in [1.54, 1.807) is 4.90 Å². The lowest BCUT2D eigenvalue weighted by Gasteiger charge is -2.38. The second-order valence-electron chi connectivity index (χ2n) is 5.48. The van der Waals surface area contributed by atoms with E-state index in [1.807, 2.05) is 37.3 Å². The number of carbonyl (C=O) groups excluding carboxylic acids is 1. The molecule has 114 valence electrons. The van der Waals surface area contributed by atoms with E-state index in [2.05, 4.69) is 0 Å². The molecule has 21 heavy (non-hydrogen) atoms. The average molecular weight is 291 g/mol. The van der Waals surface area contributed by atoms with E-state index in [1.165, 1.54) is 7.11 Å². The first-order valence-electron chi connectivity index (χ1n) is 7.15. The largest absolute Gasteiger partial charge is 0.481 e. The topological polar surface area (TPSA) is 66.8 Å². The number of carbonyl (C=O) groups is 2. The summed E-state index contributed by atoms with van der Waals surface area (Å²) in [5, 5.41) is 9.17. The Morgan fingerprint density at radius 3 is 2.52 bits per heavy atom. The quantitative estimate of drug-likeness (QED) is 0.922. The molecule has 0 aliphatic carbocycles. The lowest BCUT2D eigenvalue weighted by molar-refractivity contribution is -0.152. The van der Waals surface area contributed by atoms with Crippen LogP contribution in [-0.2, 0) is 14.3 Å². The molecule has 0 bridgehead atoms. The summed E-state index contributed by atoms with van der Waals surface area (Å²) < 4.78 is 5.36. The normalized spacial score (nSPS) is 23.6. The Bertz CT molecular complexity index is 502. The number of hydrogen-bond donors (Lipinski definition) is 1. The highest BCUT2D eigenvalue weighted by Crippen LogP contribution is 2.27. The molecule has 1 aromatic carbocycles. The molecule has 1 heterocycles. The predicted octanol–water partition coefficient (Wildman–Crippen LogP) is 2.09. The number of hydrogen-bond acceptors (Lipinski definition) is 3. The molecule has 1 N–H and O–H groups in total. The third kappa shape index (κ3) is 3.42. The third-order valence-corrected chi connectivity index (χ3v) is 4.08. The van der Waals surface area contributed by atoms with Gasteiger partial charge in [-0.3, -0.25) is 9.59 Å². The molecule has 1 fully saturated rings. The number of piperidine rings is 1. The molecule has 2 rings (SSSR count). The molecule has 1 aliphatic heterocycles.